The molecule has 0 saturated carbocycles. The van der Waals surface area contributed by atoms with Crippen LogP contribution >= 0.6 is 0 Å². The maximum atomic E-state index is 10.1. The van der Waals surface area contributed by atoms with Crippen molar-refractivity contribution in [3.05, 3.63) is 23.8 Å². The van der Waals surface area contributed by atoms with Crippen molar-refractivity contribution >= 4 is 6.41 Å². The van der Waals surface area contributed by atoms with Crippen molar-refractivity contribution in [3.8, 4) is 0 Å². The minimum Gasteiger partial charge on any atom is -0.385 e. The van der Waals surface area contributed by atoms with Crippen LogP contribution in [0.4, 0.5) is 0 Å². The Kier molecular flexibility index (Phi) is 13.5. The predicted molar refractivity (Wildman–Crippen MR) is 84.8 cm³/mol. The fourth-order valence-corrected chi connectivity index (χ4v) is 1.70. The second-order valence-electron chi connectivity index (χ2n) is 4.80. The minimum atomic E-state index is 0.819. The number of nitrogens with one attached hydrogen (secondary N) is 1. The number of ether oxygens (including phenoxy) is 1. The van der Waals surface area contributed by atoms with E-state index in [4.69, 9.17) is 0 Å². The number of rotatable bonds is 2. The molecule has 1 aliphatic carbocycles. The average Bonchev–Trinajstić information content (AvgIpc) is 2.76. The Bertz CT molecular complexity index is 280. The van der Waals surface area contributed by atoms with E-state index in [1.54, 1.807) is 12.0 Å². The van der Waals surface area contributed by atoms with Crippen LogP contribution in [-0.2, 0) is 9.53 Å². The maximum absolute atomic E-state index is 10.1. The summed E-state index contributed by atoms with van der Waals surface area (Å²) in [7, 11) is 1.68. The number of hydrogen-bond donors (Lipinski definition) is 1. The molecule has 116 valence electrons. The second-order valence-corrected chi connectivity index (χ2v) is 4.80. The van der Waals surface area contributed by atoms with Gasteiger partial charge in [0.05, 0.1) is 0 Å². The van der Waals surface area contributed by atoms with Gasteiger partial charge in [-0.15, -0.1) is 0 Å². The third-order valence-corrected chi connectivity index (χ3v) is 3.05. The van der Waals surface area contributed by atoms with E-state index in [9.17, 15) is 4.79 Å². The molecule has 1 heterocycles. The highest BCUT2D eigenvalue weighted by molar-refractivity contribution is 5.47. The van der Waals surface area contributed by atoms with Crippen LogP contribution in [-0.4, -0.2) is 51.2 Å². The van der Waals surface area contributed by atoms with Crippen molar-refractivity contribution in [1.82, 2.24) is 10.2 Å². The lowest BCUT2D eigenvalue weighted by molar-refractivity contribution is -0.118. The zero-order valence-corrected chi connectivity index (χ0v) is 13.2. The Hall–Kier alpha value is -1.13. The van der Waals surface area contributed by atoms with Crippen LogP contribution in [0.2, 0.25) is 0 Å². The van der Waals surface area contributed by atoms with Gasteiger partial charge < -0.3 is 15.0 Å². The number of amides is 1. The summed E-state index contributed by atoms with van der Waals surface area (Å²) in [6, 6.07) is 0. The molecule has 0 spiro atoms. The Morgan fingerprint density at radius 2 is 2.05 bits per heavy atom. The van der Waals surface area contributed by atoms with Gasteiger partial charge in [0.25, 0.3) is 0 Å². The fraction of sp³-hybridized carbons (Fsp3) is 0.688. The number of carbonyl (C=O) groups excluding carboxylic acids is 1. The number of hydrogen-bond acceptors (Lipinski definition) is 3. The Balaban J connectivity index is 0.000000289. The third-order valence-electron chi connectivity index (χ3n) is 3.05. The summed E-state index contributed by atoms with van der Waals surface area (Å²) in [5.74, 6) is 0. The molecular weight excluding hydrogens is 252 g/mol. The molecule has 4 nitrogen and oxygen atoms in total. The van der Waals surface area contributed by atoms with Crippen LogP contribution < -0.4 is 5.32 Å². The van der Waals surface area contributed by atoms with Gasteiger partial charge in [-0.25, -0.2) is 0 Å². The lowest BCUT2D eigenvalue weighted by Gasteiger charge is -2.22. The summed E-state index contributed by atoms with van der Waals surface area (Å²) in [5.41, 5.74) is 1.51. The van der Waals surface area contributed by atoms with Crippen molar-refractivity contribution in [3.63, 3.8) is 0 Å². The lowest BCUT2D eigenvalue weighted by Crippen LogP contribution is -2.42. The third kappa shape index (κ3) is 11.9. The van der Waals surface area contributed by atoms with Gasteiger partial charge in [0.15, 0.2) is 0 Å². The van der Waals surface area contributed by atoms with E-state index in [0.29, 0.717) is 0 Å². The average molecular weight is 282 g/mol. The first-order valence-corrected chi connectivity index (χ1v) is 7.45. The fourth-order valence-electron chi connectivity index (χ4n) is 1.70. The first kappa shape index (κ1) is 18.9. The Labute approximate surface area is 123 Å². The summed E-state index contributed by atoms with van der Waals surface area (Å²) in [5, 5.41) is 3.15. The lowest BCUT2D eigenvalue weighted by atomic mass is 10.1. The van der Waals surface area contributed by atoms with Gasteiger partial charge in [0.1, 0.15) is 0 Å². The molecule has 0 atom stereocenters. The molecule has 4 heteroatoms. The molecule has 1 N–H and O–H groups in total. The van der Waals surface area contributed by atoms with E-state index in [2.05, 4.69) is 35.2 Å². The molecule has 0 radical (unpaired) electrons. The smallest absolute Gasteiger partial charge is 0.209 e. The van der Waals surface area contributed by atoms with Gasteiger partial charge in [0.2, 0.25) is 6.41 Å². The van der Waals surface area contributed by atoms with Gasteiger partial charge in [-0.3, -0.25) is 4.79 Å². The van der Waals surface area contributed by atoms with Crippen molar-refractivity contribution < 1.29 is 9.53 Å². The Morgan fingerprint density at radius 1 is 1.40 bits per heavy atom. The quantitative estimate of drug-likeness (QED) is 0.791. The van der Waals surface area contributed by atoms with Crippen LogP contribution in [0.25, 0.3) is 0 Å². The molecule has 2 aliphatic rings. The highest BCUT2D eigenvalue weighted by Gasteiger charge is 2.04. The van der Waals surface area contributed by atoms with Crippen LogP contribution in [0, 0.1) is 0 Å². The van der Waals surface area contributed by atoms with Crippen molar-refractivity contribution in [2.24, 2.45) is 0 Å². The van der Waals surface area contributed by atoms with E-state index in [-0.39, 0.29) is 0 Å². The van der Waals surface area contributed by atoms with Crippen molar-refractivity contribution in [1.29, 1.82) is 0 Å². The molecule has 1 aliphatic heterocycles. The molecule has 0 bridgehead atoms. The molecule has 1 amide bonds. The van der Waals surface area contributed by atoms with E-state index < -0.39 is 0 Å². The molecule has 0 aromatic carbocycles. The van der Waals surface area contributed by atoms with E-state index >= 15 is 0 Å². The van der Waals surface area contributed by atoms with E-state index in [0.717, 1.165) is 39.2 Å². The predicted octanol–water partition coefficient (Wildman–Crippen LogP) is 2.37. The Morgan fingerprint density at radius 3 is 2.55 bits per heavy atom. The first-order valence-electron chi connectivity index (χ1n) is 7.45. The van der Waals surface area contributed by atoms with Gasteiger partial charge in [0, 0.05) is 39.9 Å². The maximum Gasteiger partial charge on any atom is 0.209 e. The van der Waals surface area contributed by atoms with Gasteiger partial charge in [-0.2, -0.15) is 0 Å². The standard InChI is InChI=1S/C8H12.C5H10N2O.C3H8O/c1-8-6-4-2-3-5-7-8;8-5-7-3-1-6-2-4-7;1-3-4-2/h2,4,6H,3,5,7H2,1H3;5-6H,1-4H2;3H2,1-2H3. The van der Waals surface area contributed by atoms with Crippen molar-refractivity contribution in [2.45, 2.75) is 33.1 Å². The molecule has 0 aromatic rings. The molecule has 0 aromatic heterocycles. The zero-order chi connectivity index (χ0) is 15.1. The van der Waals surface area contributed by atoms with Crippen LogP contribution in [0.15, 0.2) is 23.8 Å². The zero-order valence-electron chi connectivity index (χ0n) is 13.2. The van der Waals surface area contributed by atoms with E-state index in [1.807, 2.05) is 6.92 Å². The van der Waals surface area contributed by atoms with Crippen LogP contribution in [0.3, 0.4) is 0 Å². The van der Waals surface area contributed by atoms with Gasteiger partial charge in [-0.1, -0.05) is 23.8 Å². The molecule has 0 unspecified atom stereocenters. The second kappa shape index (κ2) is 14.3. The largest absolute Gasteiger partial charge is 0.385 e. The SMILES string of the molecule is CC1=CC=CCCC1.CCOC.O=CN1CCNCC1. The summed E-state index contributed by atoms with van der Waals surface area (Å²) in [6.45, 7) is 8.58. The number of nitrogens with zero attached hydrogens (tertiary/aromatic N) is 1. The number of allylic oxidation sites excluding steroid dienone is 4. The van der Waals surface area contributed by atoms with E-state index in [1.165, 1.54) is 24.8 Å². The van der Waals surface area contributed by atoms with Gasteiger partial charge in [-0.05, 0) is 33.1 Å². The molecule has 1 saturated heterocycles. The van der Waals surface area contributed by atoms with Crippen LogP contribution in [0.1, 0.15) is 33.1 Å². The first-order chi connectivity index (χ1) is 9.74. The summed E-state index contributed by atoms with van der Waals surface area (Å²) < 4.78 is 4.54. The minimum absolute atomic E-state index is 0.819. The topological polar surface area (TPSA) is 41.6 Å². The summed E-state index contributed by atoms with van der Waals surface area (Å²) >= 11 is 0. The highest BCUT2D eigenvalue weighted by Crippen LogP contribution is 2.10. The monoisotopic (exact) mass is 282 g/mol. The number of methoxy groups -OCH3 is 1. The molecular formula is C16H30N2O2. The summed E-state index contributed by atoms with van der Waals surface area (Å²) in [6.07, 6.45) is 11.4. The highest BCUT2D eigenvalue weighted by atomic mass is 16.5. The molecule has 20 heavy (non-hydrogen) atoms. The number of piperazine rings is 1. The summed E-state index contributed by atoms with van der Waals surface area (Å²) in [4.78, 5) is 11.8. The number of carbonyl (C=O) groups is 1. The normalized spacial score (nSPS) is 17.8. The van der Waals surface area contributed by atoms with Crippen molar-refractivity contribution in [2.75, 3.05) is 39.9 Å². The van der Waals surface area contributed by atoms with Gasteiger partial charge >= 0.3 is 0 Å². The molecule has 1 fully saturated rings. The molecule has 2 rings (SSSR count). The van der Waals surface area contributed by atoms with Crippen LogP contribution in [0.5, 0.6) is 0 Å².